The van der Waals surface area contributed by atoms with E-state index in [4.69, 9.17) is 5.73 Å². The van der Waals surface area contributed by atoms with Crippen LogP contribution >= 0.6 is 0 Å². The molecular weight excluding hydrogens is 230 g/mol. The highest BCUT2D eigenvalue weighted by atomic mass is 16.2. The van der Waals surface area contributed by atoms with E-state index in [0.29, 0.717) is 5.69 Å². The van der Waals surface area contributed by atoms with Crippen molar-refractivity contribution in [3.05, 3.63) is 34.2 Å². The number of amides is 1. The first-order valence-electron chi connectivity index (χ1n) is 6.31. The quantitative estimate of drug-likeness (QED) is 0.810. The molecule has 3 N–H and O–H groups in total. The van der Waals surface area contributed by atoms with Gasteiger partial charge in [0.05, 0.1) is 0 Å². The molecule has 1 fully saturated rings. The van der Waals surface area contributed by atoms with Crippen LogP contribution in [0.15, 0.2) is 23.0 Å². The van der Waals surface area contributed by atoms with Crippen LogP contribution < -0.4 is 11.3 Å². The summed E-state index contributed by atoms with van der Waals surface area (Å²) < 4.78 is 0. The lowest BCUT2D eigenvalue weighted by molar-refractivity contribution is 0.0666. The predicted octanol–water partition coefficient (Wildman–Crippen LogP) is 0.717. The molecule has 1 aromatic rings. The highest BCUT2D eigenvalue weighted by molar-refractivity contribution is 5.92. The second kappa shape index (κ2) is 5.35. The summed E-state index contributed by atoms with van der Waals surface area (Å²) in [6, 6.07) is 4.69. The molecule has 1 aromatic heterocycles. The van der Waals surface area contributed by atoms with Gasteiger partial charge in [0.2, 0.25) is 5.56 Å². The Bertz CT molecular complexity index is 483. The maximum atomic E-state index is 12.2. The molecule has 5 heteroatoms. The van der Waals surface area contributed by atoms with E-state index >= 15 is 0 Å². The normalized spacial score (nSPS) is 23.7. The van der Waals surface area contributed by atoms with E-state index in [0.717, 1.165) is 25.7 Å². The smallest absolute Gasteiger partial charge is 0.270 e. The van der Waals surface area contributed by atoms with Crippen LogP contribution in [-0.4, -0.2) is 34.9 Å². The van der Waals surface area contributed by atoms with E-state index in [-0.39, 0.29) is 23.6 Å². The van der Waals surface area contributed by atoms with Crippen molar-refractivity contribution >= 4 is 5.91 Å². The Labute approximate surface area is 106 Å². The summed E-state index contributed by atoms with van der Waals surface area (Å²) in [5.41, 5.74) is 6.12. The number of nitrogens with two attached hydrogens (primary N) is 1. The van der Waals surface area contributed by atoms with Gasteiger partial charge in [0.1, 0.15) is 5.69 Å². The van der Waals surface area contributed by atoms with Gasteiger partial charge in [0, 0.05) is 25.2 Å². The monoisotopic (exact) mass is 249 g/mol. The van der Waals surface area contributed by atoms with Gasteiger partial charge in [-0.25, -0.2) is 0 Å². The number of pyridine rings is 1. The first kappa shape index (κ1) is 12.8. The van der Waals surface area contributed by atoms with E-state index in [1.54, 1.807) is 24.1 Å². The van der Waals surface area contributed by atoms with E-state index in [2.05, 4.69) is 4.98 Å². The minimum atomic E-state index is -0.262. The molecule has 1 amide bonds. The van der Waals surface area contributed by atoms with Gasteiger partial charge in [0.25, 0.3) is 5.91 Å². The molecule has 0 radical (unpaired) electrons. The topological polar surface area (TPSA) is 79.2 Å². The molecule has 2 rings (SSSR count). The third-order valence-electron chi connectivity index (χ3n) is 3.60. The van der Waals surface area contributed by atoms with Gasteiger partial charge >= 0.3 is 0 Å². The Hall–Kier alpha value is -1.62. The molecule has 2 atom stereocenters. The molecule has 0 spiro atoms. The zero-order valence-corrected chi connectivity index (χ0v) is 10.6. The summed E-state index contributed by atoms with van der Waals surface area (Å²) in [6.07, 6.45) is 4.11. The summed E-state index contributed by atoms with van der Waals surface area (Å²) in [6.45, 7) is 0. The molecular formula is C13H19N3O2. The van der Waals surface area contributed by atoms with Crippen molar-refractivity contribution in [1.82, 2.24) is 9.88 Å². The molecule has 98 valence electrons. The van der Waals surface area contributed by atoms with E-state index < -0.39 is 0 Å². The van der Waals surface area contributed by atoms with Crippen LogP contribution in [0.2, 0.25) is 0 Å². The molecule has 5 nitrogen and oxygen atoms in total. The Balaban J connectivity index is 2.15. The Morgan fingerprint density at radius 3 is 2.78 bits per heavy atom. The first-order chi connectivity index (χ1) is 8.59. The molecule has 1 aliphatic rings. The average Bonchev–Trinajstić information content (AvgIpc) is 2.37. The summed E-state index contributed by atoms with van der Waals surface area (Å²) >= 11 is 0. The molecule has 18 heavy (non-hydrogen) atoms. The number of hydrogen-bond acceptors (Lipinski definition) is 3. The van der Waals surface area contributed by atoms with Gasteiger partial charge in [-0.05, 0) is 18.9 Å². The van der Waals surface area contributed by atoms with Gasteiger partial charge in [0.15, 0.2) is 0 Å². The lowest BCUT2D eigenvalue weighted by atomic mass is 9.90. The number of aromatic nitrogens is 1. The number of aromatic amines is 1. The lowest BCUT2D eigenvalue weighted by Crippen LogP contribution is -2.50. The number of likely N-dealkylation sites (N-methyl/N-ethyl adjacent to an activating group) is 1. The van der Waals surface area contributed by atoms with Crippen molar-refractivity contribution in [2.75, 3.05) is 7.05 Å². The molecule has 1 saturated carbocycles. The van der Waals surface area contributed by atoms with E-state index in [9.17, 15) is 9.59 Å². The number of nitrogens with one attached hydrogen (secondary N) is 1. The zero-order chi connectivity index (χ0) is 13.1. The largest absolute Gasteiger partial charge is 0.336 e. The maximum Gasteiger partial charge on any atom is 0.270 e. The Kier molecular flexibility index (Phi) is 3.81. The Morgan fingerprint density at radius 1 is 1.39 bits per heavy atom. The summed E-state index contributed by atoms with van der Waals surface area (Å²) in [5.74, 6) is -0.171. The molecule has 0 bridgehead atoms. The zero-order valence-electron chi connectivity index (χ0n) is 10.6. The highest BCUT2D eigenvalue weighted by Gasteiger charge is 2.28. The Morgan fingerprint density at radius 2 is 2.11 bits per heavy atom. The van der Waals surface area contributed by atoms with Crippen molar-refractivity contribution < 1.29 is 4.79 Å². The fraction of sp³-hybridized carbons (Fsp3) is 0.538. The highest BCUT2D eigenvalue weighted by Crippen LogP contribution is 2.21. The molecule has 1 aliphatic carbocycles. The van der Waals surface area contributed by atoms with Gasteiger partial charge in [-0.3, -0.25) is 9.59 Å². The van der Waals surface area contributed by atoms with Gasteiger partial charge in [-0.15, -0.1) is 0 Å². The second-order valence-corrected chi connectivity index (χ2v) is 4.86. The number of H-pyrrole nitrogens is 1. The number of nitrogens with zero attached hydrogens (tertiary/aromatic N) is 1. The SMILES string of the molecule is CN(C(=O)c1cccc(=O)[nH]1)C1CCCCC1N. The summed E-state index contributed by atoms with van der Waals surface area (Å²) in [4.78, 5) is 27.7. The van der Waals surface area contributed by atoms with Crippen molar-refractivity contribution in [2.24, 2.45) is 5.73 Å². The number of carbonyl (C=O) groups is 1. The van der Waals surface area contributed by atoms with Crippen molar-refractivity contribution in [3.63, 3.8) is 0 Å². The summed E-state index contributed by atoms with van der Waals surface area (Å²) in [5, 5.41) is 0. The van der Waals surface area contributed by atoms with Crippen LogP contribution in [0.3, 0.4) is 0 Å². The van der Waals surface area contributed by atoms with Crippen LogP contribution in [0.1, 0.15) is 36.2 Å². The molecule has 1 heterocycles. The van der Waals surface area contributed by atoms with Crippen LogP contribution in [0.25, 0.3) is 0 Å². The minimum absolute atomic E-state index is 0.0307. The van der Waals surface area contributed by atoms with Gasteiger partial charge in [-0.1, -0.05) is 18.9 Å². The average molecular weight is 249 g/mol. The van der Waals surface area contributed by atoms with Gasteiger partial charge < -0.3 is 15.6 Å². The maximum absolute atomic E-state index is 12.2. The third kappa shape index (κ3) is 2.61. The summed E-state index contributed by atoms with van der Waals surface area (Å²) in [7, 11) is 1.75. The van der Waals surface area contributed by atoms with E-state index in [1.165, 1.54) is 6.07 Å². The minimum Gasteiger partial charge on any atom is -0.336 e. The molecule has 0 aliphatic heterocycles. The standard InChI is InChI=1S/C13H19N3O2/c1-16(11-7-3-2-5-9(11)14)13(18)10-6-4-8-12(17)15-10/h4,6,8-9,11H,2-3,5,7,14H2,1H3,(H,15,17). The van der Waals surface area contributed by atoms with Gasteiger partial charge in [-0.2, -0.15) is 0 Å². The number of rotatable bonds is 2. The number of carbonyl (C=O) groups excluding carboxylic acids is 1. The predicted molar refractivity (Wildman–Crippen MR) is 69.4 cm³/mol. The fourth-order valence-electron chi connectivity index (χ4n) is 2.53. The lowest BCUT2D eigenvalue weighted by Gasteiger charge is -2.35. The van der Waals surface area contributed by atoms with Crippen LogP contribution in [0.5, 0.6) is 0 Å². The first-order valence-corrected chi connectivity index (χ1v) is 6.31. The fourth-order valence-corrected chi connectivity index (χ4v) is 2.53. The number of hydrogen-bond donors (Lipinski definition) is 2. The molecule has 2 unspecified atom stereocenters. The second-order valence-electron chi connectivity index (χ2n) is 4.86. The van der Waals surface area contributed by atoms with Crippen molar-refractivity contribution in [3.8, 4) is 0 Å². The third-order valence-corrected chi connectivity index (χ3v) is 3.60. The molecule has 0 saturated heterocycles. The van der Waals surface area contributed by atoms with Crippen molar-refractivity contribution in [2.45, 2.75) is 37.8 Å². The molecule has 0 aromatic carbocycles. The van der Waals surface area contributed by atoms with Crippen LogP contribution in [0.4, 0.5) is 0 Å². The van der Waals surface area contributed by atoms with E-state index in [1.807, 2.05) is 0 Å². The van der Waals surface area contributed by atoms with Crippen LogP contribution in [-0.2, 0) is 0 Å². The van der Waals surface area contributed by atoms with Crippen LogP contribution in [0, 0.1) is 0 Å². The van der Waals surface area contributed by atoms with Crippen molar-refractivity contribution in [1.29, 1.82) is 0 Å².